The quantitative estimate of drug-likeness (QED) is 0.473. The lowest BCUT2D eigenvalue weighted by Gasteiger charge is -2.14. The molecule has 0 saturated carbocycles. The molecule has 0 unspecified atom stereocenters. The number of benzene rings is 2. The van der Waals surface area contributed by atoms with Crippen LogP contribution in [0.1, 0.15) is 11.1 Å². The number of anilines is 1. The molecule has 4 aromatic rings. The van der Waals surface area contributed by atoms with Crippen LogP contribution in [0.4, 0.5) is 5.69 Å². The van der Waals surface area contributed by atoms with Crippen molar-refractivity contribution in [1.82, 2.24) is 14.1 Å². The molecule has 5 rings (SSSR count). The largest absolute Gasteiger partial charge is 0.454 e. The van der Waals surface area contributed by atoms with Gasteiger partial charge in [-0.2, -0.15) is 0 Å². The van der Waals surface area contributed by atoms with Gasteiger partial charge in [0.15, 0.2) is 17.0 Å². The van der Waals surface area contributed by atoms with E-state index in [2.05, 4.69) is 10.3 Å². The molecule has 0 saturated heterocycles. The minimum Gasteiger partial charge on any atom is -0.454 e. The van der Waals surface area contributed by atoms with Gasteiger partial charge >= 0.3 is 5.69 Å². The van der Waals surface area contributed by atoms with E-state index in [4.69, 9.17) is 21.1 Å². The second kappa shape index (κ2) is 8.68. The molecular formula is C24H19ClN4O5. The number of nitrogens with zero attached hydrogens (tertiary/aromatic N) is 3. The maximum Gasteiger partial charge on any atom is 0.332 e. The Morgan fingerprint density at radius 1 is 1.09 bits per heavy atom. The predicted octanol–water partition coefficient (Wildman–Crippen LogP) is 2.94. The van der Waals surface area contributed by atoms with Gasteiger partial charge in [-0.15, -0.1) is 0 Å². The molecule has 1 amide bonds. The predicted molar refractivity (Wildman–Crippen MR) is 127 cm³/mol. The number of halogens is 1. The van der Waals surface area contributed by atoms with Crippen LogP contribution in [0.5, 0.6) is 11.5 Å². The van der Waals surface area contributed by atoms with Crippen molar-refractivity contribution in [2.75, 3.05) is 12.1 Å². The summed E-state index contributed by atoms with van der Waals surface area (Å²) >= 11 is 6.14. The van der Waals surface area contributed by atoms with E-state index in [1.54, 1.807) is 48.5 Å². The number of aryl methyl sites for hydroxylation is 1. The molecular weight excluding hydrogens is 460 g/mol. The number of fused-ring (bicyclic) bond motifs is 2. The van der Waals surface area contributed by atoms with Crippen LogP contribution in [0.15, 0.2) is 64.3 Å². The Kier molecular flexibility index (Phi) is 5.54. The first-order valence-electron chi connectivity index (χ1n) is 10.4. The summed E-state index contributed by atoms with van der Waals surface area (Å²) in [6.45, 7) is 1.65. The lowest BCUT2D eigenvalue weighted by atomic mass is 10.2. The first-order valence-corrected chi connectivity index (χ1v) is 10.8. The fourth-order valence-electron chi connectivity index (χ4n) is 3.77. The Balaban J connectivity index is 1.52. The van der Waals surface area contributed by atoms with E-state index in [9.17, 15) is 14.4 Å². The highest BCUT2D eigenvalue weighted by Gasteiger charge is 2.18. The maximum absolute atomic E-state index is 13.4. The maximum atomic E-state index is 13.4. The highest BCUT2D eigenvalue weighted by atomic mass is 35.5. The van der Waals surface area contributed by atoms with E-state index in [0.717, 1.165) is 10.1 Å². The van der Waals surface area contributed by atoms with Crippen molar-refractivity contribution in [3.63, 3.8) is 0 Å². The Morgan fingerprint density at radius 2 is 1.91 bits per heavy atom. The highest BCUT2D eigenvalue weighted by Crippen LogP contribution is 2.32. The number of carbonyl (C=O) groups is 1. The van der Waals surface area contributed by atoms with Crippen LogP contribution in [-0.2, 0) is 17.9 Å². The number of aromatic nitrogens is 3. The number of ether oxygens (including phenoxy) is 2. The average Bonchev–Trinajstić information content (AvgIpc) is 3.30. The summed E-state index contributed by atoms with van der Waals surface area (Å²) in [5, 5.41) is 3.26. The Hall–Kier alpha value is -4.11. The molecule has 1 aliphatic heterocycles. The third-order valence-corrected chi connectivity index (χ3v) is 5.93. The Morgan fingerprint density at radius 3 is 2.74 bits per heavy atom. The molecule has 0 radical (unpaired) electrons. The van der Waals surface area contributed by atoms with Gasteiger partial charge in [-0.3, -0.25) is 18.7 Å². The monoisotopic (exact) mass is 478 g/mol. The highest BCUT2D eigenvalue weighted by molar-refractivity contribution is 6.31. The van der Waals surface area contributed by atoms with E-state index < -0.39 is 17.2 Å². The lowest BCUT2D eigenvalue weighted by molar-refractivity contribution is -0.116. The number of hydrogen-bond donors (Lipinski definition) is 1. The SMILES string of the molecule is Cc1ccc(NC(=O)Cn2c(=O)n(Cc3ccc4c(c3)OCO4)c(=O)c3ncccc32)cc1Cl. The third kappa shape index (κ3) is 4.01. The van der Waals surface area contributed by atoms with Gasteiger partial charge < -0.3 is 14.8 Å². The van der Waals surface area contributed by atoms with Crippen LogP contribution in [0.3, 0.4) is 0 Å². The van der Waals surface area contributed by atoms with Crippen molar-refractivity contribution < 1.29 is 14.3 Å². The standard InChI is InChI=1S/C24H19ClN4O5/c1-14-4-6-16(10-17(14)25)27-21(30)12-28-18-3-2-8-26-22(18)23(31)29(24(28)32)11-15-5-7-19-20(9-15)34-13-33-19/h2-10H,11-13H2,1H3,(H,27,30). The zero-order chi connectivity index (χ0) is 23.8. The molecule has 1 aliphatic rings. The summed E-state index contributed by atoms with van der Waals surface area (Å²) < 4.78 is 13.0. The normalized spacial score (nSPS) is 12.2. The van der Waals surface area contributed by atoms with E-state index in [1.165, 1.54) is 10.8 Å². The van der Waals surface area contributed by atoms with E-state index in [0.29, 0.717) is 27.8 Å². The fourth-order valence-corrected chi connectivity index (χ4v) is 3.95. The summed E-state index contributed by atoms with van der Waals surface area (Å²) in [5.41, 5.74) is 1.25. The zero-order valence-corrected chi connectivity index (χ0v) is 18.8. The van der Waals surface area contributed by atoms with E-state index in [-0.39, 0.29) is 30.9 Å². The molecule has 0 fully saturated rings. The summed E-state index contributed by atoms with van der Waals surface area (Å²) in [6, 6.07) is 13.5. The molecule has 1 N–H and O–H groups in total. The van der Waals surface area contributed by atoms with E-state index in [1.807, 2.05) is 6.92 Å². The van der Waals surface area contributed by atoms with Crippen LogP contribution in [0, 0.1) is 6.92 Å². The molecule has 10 heteroatoms. The van der Waals surface area contributed by atoms with Crippen molar-refractivity contribution in [3.8, 4) is 11.5 Å². The zero-order valence-electron chi connectivity index (χ0n) is 18.1. The van der Waals surface area contributed by atoms with Gasteiger partial charge in [0.25, 0.3) is 5.56 Å². The van der Waals surface area contributed by atoms with Gasteiger partial charge in [-0.05, 0) is 54.4 Å². The molecule has 3 heterocycles. The molecule has 0 atom stereocenters. The first kappa shape index (κ1) is 21.7. The topological polar surface area (TPSA) is 104 Å². The lowest BCUT2D eigenvalue weighted by Crippen LogP contribution is -2.42. The molecule has 2 aromatic heterocycles. The Bertz CT molecular complexity index is 1560. The van der Waals surface area contributed by atoms with Crippen LogP contribution < -0.4 is 26.0 Å². The minimum atomic E-state index is -0.625. The van der Waals surface area contributed by atoms with Gasteiger partial charge in [0.2, 0.25) is 12.7 Å². The summed E-state index contributed by atoms with van der Waals surface area (Å²) in [4.78, 5) is 43.4. The first-order chi connectivity index (χ1) is 16.4. The van der Waals surface area contributed by atoms with Gasteiger partial charge in [-0.1, -0.05) is 23.7 Å². The second-order valence-electron chi connectivity index (χ2n) is 7.83. The number of carbonyl (C=O) groups excluding carboxylic acids is 1. The smallest absolute Gasteiger partial charge is 0.332 e. The Labute approximate surface area is 198 Å². The van der Waals surface area contributed by atoms with Crippen molar-refractivity contribution >= 4 is 34.2 Å². The number of amides is 1. The van der Waals surface area contributed by atoms with Crippen molar-refractivity contribution in [1.29, 1.82) is 0 Å². The number of nitrogens with one attached hydrogen (secondary N) is 1. The van der Waals surface area contributed by atoms with Gasteiger partial charge in [-0.25, -0.2) is 9.78 Å². The molecule has 9 nitrogen and oxygen atoms in total. The number of pyridine rings is 1. The molecule has 172 valence electrons. The molecule has 0 spiro atoms. The fraction of sp³-hybridized carbons (Fsp3) is 0.167. The summed E-state index contributed by atoms with van der Waals surface area (Å²) in [5.74, 6) is 0.697. The van der Waals surface area contributed by atoms with Crippen molar-refractivity contribution in [2.45, 2.75) is 20.0 Å². The molecule has 0 aliphatic carbocycles. The van der Waals surface area contributed by atoms with Crippen LogP contribution in [0.25, 0.3) is 11.0 Å². The molecule has 2 aromatic carbocycles. The van der Waals surface area contributed by atoms with Crippen molar-refractivity contribution in [2.24, 2.45) is 0 Å². The van der Waals surface area contributed by atoms with Crippen LogP contribution >= 0.6 is 11.6 Å². The van der Waals surface area contributed by atoms with Crippen LogP contribution in [0.2, 0.25) is 5.02 Å². The van der Waals surface area contributed by atoms with Gasteiger partial charge in [0.1, 0.15) is 6.54 Å². The molecule has 0 bridgehead atoms. The van der Waals surface area contributed by atoms with Crippen molar-refractivity contribution in [3.05, 3.63) is 91.7 Å². The van der Waals surface area contributed by atoms with Gasteiger partial charge in [0.05, 0.1) is 12.1 Å². The van der Waals surface area contributed by atoms with E-state index >= 15 is 0 Å². The minimum absolute atomic E-state index is 0.0178. The summed E-state index contributed by atoms with van der Waals surface area (Å²) in [7, 11) is 0. The average molecular weight is 479 g/mol. The molecule has 34 heavy (non-hydrogen) atoms. The number of rotatable bonds is 5. The number of hydrogen-bond acceptors (Lipinski definition) is 6. The third-order valence-electron chi connectivity index (χ3n) is 5.52. The van der Waals surface area contributed by atoms with Gasteiger partial charge in [0, 0.05) is 16.9 Å². The summed E-state index contributed by atoms with van der Waals surface area (Å²) in [6.07, 6.45) is 1.47. The van der Waals surface area contributed by atoms with Crippen LogP contribution in [-0.4, -0.2) is 26.8 Å². The second-order valence-corrected chi connectivity index (χ2v) is 8.24.